The second-order valence-corrected chi connectivity index (χ2v) is 4.92. The van der Waals surface area contributed by atoms with Crippen molar-refractivity contribution in [2.75, 3.05) is 26.7 Å². The van der Waals surface area contributed by atoms with Gasteiger partial charge in [0, 0.05) is 26.2 Å². The van der Waals surface area contributed by atoms with Crippen molar-refractivity contribution in [3.05, 3.63) is 0 Å². The average molecular weight is 287 g/mol. The number of carbonyl (C=O) groups excluding carboxylic acids is 2. The lowest BCUT2D eigenvalue weighted by Crippen LogP contribution is -2.48. The molecule has 0 radical (unpaired) electrons. The van der Waals surface area contributed by atoms with Crippen molar-refractivity contribution in [3.63, 3.8) is 0 Å². The monoisotopic (exact) mass is 287 g/mol. The number of hydrogen-bond donors (Lipinski definition) is 2. The fourth-order valence-electron chi connectivity index (χ4n) is 1.61. The Morgan fingerprint density at radius 2 is 1.85 bits per heavy atom. The Morgan fingerprint density at radius 3 is 2.30 bits per heavy atom. The third-order valence-corrected chi connectivity index (χ3v) is 2.72. The lowest BCUT2D eigenvalue weighted by Gasteiger charge is -2.30. The molecule has 7 heteroatoms. The van der Waals surface area contributed by atoms with E-state index in [0.717, 1.165) is 6.42 Å². The van der Waals surface area contributed by atoms with Gasteiger partial charge in [0.1, 0.15) is 6.54 Å². The highest BCUT2D eigenvalue weighted by Crippen LogP contribution is 2.04. The zero-order valence-electron chi connectivity index (χ0n) is 12.7. The Labute approximate surface area is 119 Å². The van der Waals surface area contributed by atoms with Crippen molar-refractivity contribution < 1.29 is 19.5 Å². The molecule has 0 atom stereocenters. The standard InChI is InChI=1S/C13H25N3O4/c1-5-7-14-11(17)9-15(4)13(20)16(10(2)3)8-6-12(18)19/h10H,5-9H2,1-4H3,(H,14,17)(H,18,19). The molecule has 20 heavy (non-hydrogen) atoms. The number of nitrogens with zero attached hydrogens (tertiary/aromatic N) is 2. The Morgan fingerprint density at radius 1 is 1.25 bits per heavy atom. The second kappa shape index (κ2) is 9.17. The van der Waals surface area contributed by atoms with Crippen LogP contribution in [0, 0.1) is 0 Å². The molecular weight excluding hydrogens is 262 g/mol. The molecule has 0 spiro atoms. The SMILES string of the molecule is CCCNC(=O)CN(C)C(=O)N(CCC(=O)O)C(C)C. The van der Waals surface area contributed by atoms with Crippen molar-refractivity contribution in [2.24, 2.45) is 0 Å². The summed E-state index contributed by atoms with van der Waals surface area (Å²) in [7, 11) is 1.53. The van der Waals surface area contributed by atoms with Gasteiger partial charge in [0.25, 0.3) is 0 Å². The first-order chi connectivity index (χ1) is 9.29. The van der Waals surface area contributed by atoms with Gasteiger partial charge in [-0.1, -0.05) is 6.92 Å². The van der Waals surface area contributed by atoms with Crippen molar-refractivity contribution >= 4 is 17.9 Å². The number of hydrogen-bond acceptors (Lipinski definition) is 3. The summed E-state index contributed by atoms with van der Waals surface area (Å²) in [5.41, 5.74) is 0. The van der Waals surface area contributed by atoms with E-state index in [2.05, 4.69) is 5.32 Å². The number of likely N-dealkylation sites (N-methyl/N-ethyl adjacent to an activating group) is 1. The summed E-state index contributed by atoms with van der Waals surface area (Å²) in [5, 5.41) is 11.4. The van der Waals surface area contributed by atoms with E-state index in [1.54, 1.807) is 0 Å². The summed E-state index contributed by atoms with van der Waals surface area (Å²) in [6, 6.07) is -0.462. The number of rotatable bonds is 8. The highest BCUT2D eigenvalue weighted by Gasteiger charge is 2.22. The Hall–Kier alpha value is -1.79. The van der Waals surface area contributed by atoms with Crippen LogP contribution >= 0.6 is 0 Å². The molecule has 2 N–H and O–H groups in total. The zero-order chi connectivity index (χ0) is 15.7. The van der Waals surface area contributed by atoms with Gasteiger partial charge in [-0.2, -0.15) is 0 Å². The van der Waals surface area contributed by atoms with E-state index in [1.807, 2.05) is 20.8 Å². The maximum atomic E-state index is 12.2. The number of nitrogens with one attached hydrogen (secondary N) is 1. The lowest BCUT2D eigenvalue weighted by molar-refractivity contribution is -0.137. The molecule has 0 aromatic rings. The second-order valence-electron chi connectivity index (χ2n) is 4.92. The van der Waals surface area contributed by atoms with Crippen LogP contribution in [0.4, 0.5) is 4.79 Å². The quantitative estimate of drug-likeness (QED) is 0.689. The summed E-state index contributed by atoms with van der Waals surface area (Å²) in [4.78, 5) is 37.1. The van der Waals surface area contributed by atoms with Gasteiger partial charge in [0.2, 0.25) is 5.91 Å². The van der Waals surface area contributed by atoms with Crippen molar-refractivity contribution in [1.29, 1.82) is 0 Å². The molecule has 116 valence electrons. The largest absolute Gasteiger partial charge is 0.481 e. The molecule has 0 rings (SSSR count). The Bertz CT molecular complexity index is 345. The van der Waals surface area contributed by atoms with E-state index >= 15 is 0 Å². The molecule has 0 saturated carbocycles. The van der Waals surface area contributed by atoms with Crippen LogP contribution in [0.1, 0.15) is 33.6 Å². The molecule has 0 aliphatic carbocycles. The normalized spacial score (nSPS) is 10.2. The number of carboxylic acid groups (broad SMARTS) is 1. The maximum Gasteiger partial charge on any atom is 0.320 e. The zero-order valence-corrected chi connectivity index (χ0v) is 12.7. The summed E-state index contributed by atoms with van der Waals surface area (Å²) in [6.07, 6.45) is 0.722. The summed E-state index contributed by atoms with van der Waals surface area (Å²) < 4.78 is 0. The topological polar surface area (TPSA) is 90.0 Å². The van der Waals surface area contributed by atoms with Crippen LogP contribution in [-0.4, -0.2) is 65.5 Å². The van der Waals surface area contributed by atoms with E-state index in [-0.39, 0.29) is 37.5 Å². The molecule has 0 unspecified atom stereocenters. The van der Waals surface area contributed by atoms with Crippen LogP contribution in [0.3, 0.4) is 0 Å². The van der Waals surface area contributed by atoms with Crippen molar-refractivity contribution in [1.82, 2.24) is 15.1 Å². The highest BCUT2D eigenvalue weighted by atomic mass is 16.4. The summed E-state index contributed by atoms with van der Waals surface area (Å²) in [6.45, 7) is 6.24. The molecule has 3 amide bonds. The number of urea groups is 1. The van der Waals surface area contributed by atoms with Gasteiger partial charge in [-0.05, 0) is 20.3 Å². The third kappa shape index (κ3) is 6.96. The molecule has 0 aromatic carbocycles. The number of carbonyl (C=O) groups is 3. The first kappa shape index (κ1) is 18.2. The van der Waals surface area contributed by atoms with Crippen LogP contribution in [0.2, 0.25) is 0 Å². The average Bonchev–Trinajstić information content (AvgIpc) is 2.35. The van der Waals surface area contributed by atoms with E-state index in [9.17, 15) is 14.4 Å². The predicted octanol–water partition coefficient (Wildman–Crippen LogP) is 0.750. The minimum Gasteiger partial charge on any atom is -0.481 e. The van der Waals surface area contributed by atoms with Crippen molar-refractivity contribution in [2.45, 2.75) is 39.7 Å². The minimum absolute atomic E-state index is 0.0326. The van der Waals surface area contributed by atoms with E-state index < -0.39 is 5.97 Å². The first-order valence-electron chi connectivity index (χ1n) is 6.79. The predicted molar refractivity (Wildman–Crippen MR) is 75.4 cm³/mol. The van der Waals surface area contributed by atoms with Gasteiger partial charge in [0.15, 0.2) is 0 Å². The lowest BCUT2D eigenvalue weighted by atomic mass is 10.3. The third-order valence-electron chi connectivity index (χ3n) is 2.72. The summed E-state index contributed by atoms with van der Waals surface area (Å²) in [5.74, 6) is -1.17. The van der Waals surface area contributed by atoms with Crippen molar-refractivity contribution in [3.8, 4) is 0 Å². The van der Waals surface area contributed by atoms with E-state index in [0.29, 0.717) is 6.54 Å². The molecule has 0 fully saturated rings. The maximum absolute atomic E-state index is 12.2. The van der Waals surface area contributed by atoms with Crippen LogP contribution in [0.5, 0.6) is 0 Å². The first-order valence-corrected chi connectivity index (χ1v) is 6.79. The van der Waals surface area contributed by atoms with Gasteiger partial charge in [-0.3, -0.25) is 9.59 Å². The molecule has 0 bridgehead atoms. The molecule has 0 saturated heterocycles. The minimum atomic E-state index is -0.952. The molecule has 0 heterocycles. The molecule has 0 aliphatic heterocycles. The van der Waals surface area contributed by atoms with Crippen LogP contribution < -0.4 is 5.32 Å². The van der Waals surface area contributed by atoms with Gasteiger partial charge < -0.3 is 20.2 Å². The highest BCUT2D eigenvalue weighted by molar-refractivity contribution is 5.84. The smallest absolute Gasteiger partial charge is 0.320 e. The molecular formula is C13H25N3O4. The fraction of sp³-hybridized carbons (Fsp3) is 0.769. The Balaban J connectivity index is 4.48. The van der Waals surface area contributed by atoms with Gasteiger partial charge >= 0.3 is 12.0 Å². The van der Waals surface area contributed by atoms with E-state index in [1.165, 1.54) is 16.8 Å². The molecule has 0 aliphatic rings. The molecule has 7 nitrogen and oxygen atoms in total. The van der Waals surface area contributed by atoms with Gasteiger partial charge in [-0.25, -0.2) is 4.79 Å². The van der Waals surface area contributed by atoms with E-state index in [4.69, 9.17) is 5.11 Å². The molecule has 0 aromatic heterocycles. The van der Waals surface area contributed by atoms with Gasteiger partial charge in [0.05, 0.1) is 6.42 Å². The van der Waals surface area contributed by atoms with Crippen LogP contribution in [-0.2, 0) is 9.59 Å². The van der Waals surface area contributed by atoms with Crippen LogP contribution in [0.15, 0.2) is 0 Å². The van der Waals surface area contributed by atoms with Gasteiger partial charge in [-0.15, -0.1) is 0 Å². The Kier molecular flexibility index (Phi) is 8.35. The number of aliphatic carboxylic acids is 1. The van der Waals surface area contributed by atoms with Crippen LogP contribution in [0.25, 0.3) is 0 Å². The fourth-order valence-corrected chi connectivity index (χ4v) is 1.61. The summed E-state index contributed by atoms with van der Waals surface area (Å²) >= 11 is 0. The number of carboxylic acids is 1. The number of amides is 3.